The van der Waals surface area contributed by atoms with Crippen molar-refractivity contribution < 1.29 is 0 Å². The third kappa shape index (κ3) is 1.81. The summed E-state index contributed by atoms with van der Waals surface area (Å²) < 4.78 is 1.84. The highest BCUT2D eigenvalue weighted by Gasteiger charge is 2.18. The Morgan fingerprint density at radius 2 is 2.06 bits per heavy atom. The van der Waals surface area contributed by atoms with Crippen LogP contribution in [-0.4, -0.2) is 27.7 Å². The molecular formula is C12H17N5. The Morgan fingerprint density at radius 1 is 1.29 bits per heavy atom. The smallest absolute Gasteiger partial charge is 0.240 e. The molecule has 0 aromatic carbocycles. The summed E-state index contributed by atoms with van der Waals surface area (Å²) in [7, 11) is 0. The zero-order valence-electron chi connectivity index (χ0n) is 10.0. The minimum atomic E-state index is 0.336. The molecule has 0 bridgehead atoms. The standard InChI is InChI=1S/C12H17N5/c1-9-5-7-16(8-6-9)11-4-2-3-10-14-12(13)15-17(10)11/h2-4,9H,5-8H2,1H3,(H2,13,15). The summed E-state index contributed by atoms with van der Waals surface area (Å²) in [6.07, 6.45) is 2.47. The average molecular weight is 231 g/mol. The van der Waals surface area contributed by atoms with Crippen molar-refractivity contribution in [2.75, 3.05) is 23.7 Å². The van der Waals surface area contributed by atoms with Crippen LogP contribution in [-0.2, 0) is 0 Å². The minimum absolute atomic E-state index is 0.336. The van der Waals surface area contributed by atoms with Crippen LogP contribution in [0.2, 0.25) is 0 Å². The Kier molecular flexibility index (Phi) is 2.39. The Morgan fingerprint density at radius 3 is 2.82 bits per heavy atom. The van der Waals surface area contributed by atoms with Crippen LogP contribution in [0.25, 0.3) is 5.65 Å². The third-order valence-corrected chi connectivity index (χ3v) is 3.46. The van der Waals surface area contributed by atoms with E-state index in [1.165, 1.54) is 12.8 Å². The Labute approximate surface area is 100 Å². The van der Waals surface area contributed by atoms with Gasteiger partial charge in [-0.2, -0.15) is 9.50 Å². The molecule has 1 saturated heterocycles. The first-order valence-corrected chi connectivity index (χ1v) is 6.10. The number of nitrogens with zero attached hydrogens (tertiary/aromatic N) is 4. The summed E-state index contributed by atoms with van der Waals surface area (Å²) in [5, 5.41) is 4.25. The number of hydrogen-bond donors (Lipinski definition) is 1. The maximum Gasteiger partial charge on any atom is 0.240 e. The van der Waals surface area contributed by atoms with Crippen LogP contribution in [0.15, 0.2) is 18.2 Å². The molecule has 2 N–H and O–H groups in total. The number of aromatic nitrogens is 3. The number of anilines is 2. The number of nitrogen functional groups attached to an aromatic ring is 1. The molecule has 2 aromatic rings. The Hall–Kier alpha value is -1.78. The van der Waals surface area contributed by atoms with Gasteiger partial charge in [-0.05, 0) is 30.9 Å². The van der Waals surface area contributed by atoms with Gasteiger partial charge in [-0.1, -0.05) is 13.0 Å². The van der Waals surface area contributed by atoms with Crippen molar-refractivity contribution in [2.24, 2.45) is 5.92 Å². The van der Waals surface area contributed by atoms with Crippen molar-refractivity contribution >= 4 is 17.4 Å². The van der Waals surface area contributed by atoms with Gasteiger partial charge in [0.05, 0.1) is 0 Å². The number of fused-ring (bicyclic) bond motifs is 1. The van der Waals surface area contributed by atoms with Crippen molar-refractivity contribution in [1.29, 1.82) is 0 Å². The van der Waals surface area contributed by atoms with Crippen LogP contribution in [0.3, 0.4) is 0 Å². The highest BCUT2D eigenvalue weighted by atomic mass is 15.4. The molecule has 5 heteroatoms. The van der Waals surface area contributed by atoms with Gasteiger partial charge in [-0.25, -0.2) is 0 Å². The van der Waals surface area contributed by atoms with E-state index >= 15 is 0 Å². The van der Waals surface area contributed by atoms with Crippen molar-refractivity contribution in [3.05, 3.63) is 18.2 Å². The highest BCUT2D eigenvalue weighted by Crippen LogP contribution is 2.23. The molecule has 0 spiro atoms. The molecule has 90 valence electrons. The van der Waals surface area contributed by atoms with Crippen molar-refractivity contribution in [1.82, 2.24) is 14.6 Å². The lowest BCUT2D eigenvalue weighted by Gasteiger charge is -2.31. The molecule has 0 aliphatic carbocycles. The molecule has 0 unspecified atom stereocenters. The maximum atomic E-state index is 5.65. The van der Waals surface area contributed by atoms with Crippen LogP contribution in [0.1, 0.15) is 19.8 Å². The van der Waals surface area contributed by atoms with Gasteiger partial charge in [-0.15, -0.1) is 5.10 Å². The van der Waals surface area contributed by atoms with E-state index in [0.717, 1.165) is 30.5 Å². The van der Waals surface area contributed by atoms with Crippen molar-refractivity contribution in [2.45, 2.75) is 19.8 Å². The molecule has 1 aliphatic rings. The largest absolute Gasteiger partial charge is 0.366 e. The second-order valence-corrected chi connectivity index (χ2v) is 4.79. The molecule has 17 heavy (non-hydrogen) atoms. The van der Waals surface area contributed by atoms with Gasteiger partial charge in [0.2, 0.25) is 5.95 Å². The summed E-state index contributed by atoms with van der Waals surface area (Å²) in [4.78, 5) is 6.55. The van der Waals surface area contributed by atoms with Crippen molar-refractivity contribution in [3.8, 4) is 0 Å². The molecule has 0 atom stereocenters. The van der Waals surface area contributed by atoms with Gasteiger partial charge in [0.15, 0.2) is 5.65 Å². The van der Waals surface area contributed by atoms with Crippen LogP contribution in [0.4, 0.5) is 11.8 Å². The van der Waals surface area contributed by atoms with Crippen molar-refractivity contribution in [3.63, 3.8) is 0 Å². The van der Waals surface area contributed by atoms with E-state index in [9.17, 15) is 0 Å². The van der Waals surface area contributed by atoms with E-state index in [1.807, 2.05) is 16.6 Å². The number of rotatable bonds is 1. The number of hydrogen-bond acceptors (Lipinski definition) is 4. The van der Waals surface area contributed by atoms with E-state index in [0.29, 0.717) is 5.95 Å². The van der Waals surface area contributed by atoms with E-state index in [1.54, 1.807) is 0 Å². The molecule has 2 aromatic heterocycles. The number of piperidine rings is 1. The summed E-state index contributed by atoms with van der Waals surface area (Å²) in [6.45, 7) is 4.48. The maximum absolute atomic E-state index is 5.65. The fraction of sp³-hybridized carbons (Fsp3) is 0.500. The third-order valence-electron chi connectivity index (χ3n) is 3.46. The first kappa shape index (κ1) is 10.4. The topological polar surface area (TPSA) is 59.5 Å². The first-order valence-electron chi connectivity index (χ1n) is 6.10. The van der Waals surface area contributed by atoms with Gasteiger partial charge >= 0.3 is 0 Å². The van der Waals surface area contributed by atoms with Gasteiger partial charge in [0.25, 0.3) is 0 Å². The summed E-state index contributed by atoms with van der Waals surface area (Å²) >= 11 is 0. The Balaban J connectivity index is 1.99. The van der Waals surface area contributed by atoms with Gasteiger partial charge < -0.3 is 10.6 Å². The molecule has 3 heterocycles. The predicted molar refractivity (Wildman–Crippen MR) is 68.0 cm³/mol. The lowest BCUT2D eigenvalue weighted by atomic mass is 9.99. The van der Waals surface area contributed by atoms with E-state index in [2.05, 4.69) is 28.0 Å². The van der Waals surface area contributed by atoms with E-state index in [-0.39, 0.29) is 0 Å². The summed E-state index contributed by atoms with van der Waals surface area (Å²) in [5.74, 6) is 2.26. The lowest BCUT2D eigenvalue weighted by Crippen LogP contribution is -2.34. The summed E-state index contributed by atoms with van der Waals surface area (Å²) in [5.41, 5.74) is 6.47. The molecule has 0 amide bonds. The van der Waals surface area contributed by atoms with Crippen LogP contribution in [0.5, 0.6) is 0 Å². The minimum Gasteiger partial charge on any atom is -0.366 e. The molecular weight excluding hydrogens is 214 g/mol. The molecule has 5 nitrogen and oxygen atoms in total. The monoisotopic (exact) mass is 231 g/mol. The quantitative estimate of drug-likeness (QED) is 0.809. The Bertz CT molecular complexity index is 525. The first-order chi connectivity index (χ1) is 8.24. The van der Waals surface area contributed by atoms with Gasteiger partial charge in [-0.3, -0.25) is 0 Å². The average Bonchev–Trinajstić information content (AvgIpc) is 2.70. The molecule has 0 saturated carbocycles. The molecule has 0 radical (unpaired) electrons. The molecule has 1 fully saturated rings. The van der Waals surface area contributed by atoms with Gasteiger partial charge in [0, 0.05) is 13.1 Å². The zero-order valence-corrected chi connectivity index (χ0v) is 10.0. The second-order valence-electron chi connectivity index (χ2n) is 4.79. The number of pyridine rings is 1. The zero-order chi connectivity index (χ0) is 11.8. The molecule has 1 aliphatic heterocycles. The molecule has 3 rings (SSSR count). The fourth-order valence-corrected chi connectivity index (χ4v) is 2.39. The summed E-state index contributed by atoms with van der Waals surface area (Å²) in [6, 6.07) is 6.02. The highest BCUT2D eigenvalue weighted by molar-refractivity contribution is 5.52. The van der Waals surface area contributed by atoms with Crippen LogP contribution < -0.4 is 10.6 Å². The fourth-order valence-electron chi connectivity index (χ4n) is 2.39. The second kappa shape index (κ2) is 3.91. The van der Waals surface area contributed by atoms with E-state index < -0.39 is 0 Å². The predicted octanol–water partition coefficient (Wildman–Crippen LogP) is 1.55. The lowest BCUT2D eigenvalue weighted by molar-refractivity contribution is 0.435. The van der Waals surface area contributed by atoms with Crippen LogP contribution >= 0.6 is 0 Å². The van der Waals surface area contributed by atoms with Gasteiger partial charge in [0.1, 0.15) is 5.82 Å². The van der Waals surface area contributed by atoms with E-state index in [4.69, 9.17) is 5.73 Å². The normalized spacial score (nSPS) is 17.8. The SMILES string of the molecule is CC1CCN(c2cccc3nc(N)nn23)CC1. The number of nitrogens with two attached hydrogens (primary N) is 1. The van der Waals surface area contributed by atoms with Crippen LogP contribution in [0, 0.1) is 5.92 Å².